The fourth-order valence-electron chi connectivity index (χ4n) is 1.87. The molecule has 3 nitrogen and oxygen atoms in total. The number of rotatable bonds is 3. The predicted octanol–water partition coefficient (Wildman–Crippen LogP) is 2.74. The molecular weight excluding hydrogens is 256 g/mol. The van der Waals surface area contributed by atoms with Crippen LogP contribution in [0.1, 0.15) is 24.8 Å². The van der Waals surface area contributed by atoms with Gasteiger partial charge >= 0.3 is 5.97 Å². The molecule has 0 spiro atoms. The maximum atomic E-state index is 10.6. The number of nitrogens with one attached hydrogen (secondary N) is 1. The molecule has 1 aromatic carbocycles. The monoisotopic (exact) mass is 267 g/mol. The van der Waals surface area contributed by atoms with Gasteiger partial charge in [0.15, 0.2) is 0 Å². The zero-order valence-corrected chi connectivity index (χ0v) is 12.2. The quantitative estimate of drug-likeness (QED) is 0.841. The third kappa shape index (κ3) is 2.50. The van der Waals surface area contributed by atoms with Crippen LogP contribution in [0.25, 0.3) is 10.9 Å². The first-order valence-corrected chi connectivity index (χ1v) is 4.96. The van der Waals surface area contributed by atoms with Gasteiger partial charge in [-0.3, -0.25) is 4.79 Å². The van der Waals surface area contributed by atoms with E-state index in [2.05, 4.69) is 4.98 Å². The molecule has 2 N–H and O–H groups in total. The molecule has 1 atom stereocenters. The van der Waals surface area contributed by atoms with Gasteiger partial charge in [0.05, 0.1) is 6.42 Å². The van der Waals surface area contributed by atoms with Gasteiger partial charge in [-0.25, -0.2) is 0 Å². The first kappa shape index (κ1) is 12.9. The van der Waals surface area contributed by atoms with E-state index in [4.69, 9.17) is 5.11 Å². The molecule has 0 saturated carbocycles. The summed E-state index contributed by atoms with van der Waals surface area (Å²) < 4.78 is 0. The number of H-pyrrole nitrogens is 1. The second-order valence-electron chi connectivity index (χ2n) is 3.79. The van der Waals surface area contributed by atoms with Gasteiger partial charge in [-0.15, -0.1) is 0 Å². The molecule has 4 heteroatoms. The Labute approximate surface area is 107 Å². The van der Waals surface area contributed by atoms with Gasteiger partial charge in [0.1, 0.15) is 0 Å². The van der Waals surface area contributed by atoms with E-state index in [1.807, 2.05) is 37.4 Å². The van der Waals surface area contributed by atoms with Crippen LogP contribution in [0.4, 0.5) is 0 Å². The van der Waals surface area contributed by atoms with Crippen LogP contribution in [0.15, 0.2) is 30.5 Å². The number of benzene rings is 1. The largest absolute Gasteiger partial charge is 0.481 e. The number of carboxylic acid groups (broad SMARTS) is 1. The van der Waals surface area contributed by atoms with E-state index < -0.39 is 5.97 Å². The Morgan fingerprint density at radius 2 is 2.12 bits per heavy atom. The number of aromatic amines is 1. The molecule has 2 rings (SSSR count). The molecule has 80 valence electrons. The third-order valence-corrected chi connectivity index (χ3v) is 2.63. The Balaban J connectivity index is 0.00000128. The summed E-state index contributed by atoms with van der Waals surface area (Å²) >= 11 is 0. The third-order valence-electron chi connectivity index (χ3n) is 2.63. The van der Waals surface area contributed by atoms with Crippen LogP contribution in [0.5, 0.6) is 0 Å². The van der Waals surface area contributed by atoms with Crippen LogP contribution in [0.2, 0.25) is 0 Å². The first-order valence-electron chi connectivity index (χ1n) is 4.96. The smallest absolute Gasteiger partial charge is 0.303 e. The molecule has 1 aromatic heterocycles. The fourth-order valence-corrected chi connectivity index (χ4v) is 1.87. The number of hydrogen-bond donors (Lipinski definition) is 2. The second kappa shape index (κ2) is 5.26. The number of carbonyl (C=O) groups is 1. The summed E-state index contributed by atoms with van der Waals surface area (Å²) in [7, 11) is 0. The van der Waals surface area contributed by atoms with E-state index in [0.29, 0.717) is 0 Å². The van der Waals surface area contributed by atoms with Crippen LogP contribution in [0, 0.1) is 0 Å². The van der Waals surface area contributed by atoms with E-state index in [0.717, 1.165) is 16.5 Å². The summed E-state index contributed by atoms with van der Waals surface area (Å²) in [6.07, 6.45) is 2.07. The SMILES string of the molecule is CC(CC(=O)O)c1c[nH]c2ccccc12.[Zn]. The van der Waals surface area contributed by atoms with E-state index in [1.54, 1.807) is 0 Å². The average molecular weight is 269 g/mol. The van der Waals surface area contributed by atoms with Crippen molar-refractivity contribution in [2.24, 2.45) is 0 Å². The summed E-state index contributed by atoms with van der Waals surface area (Å²) in [4.78, 5) is 13.8. The molecule has 0 amide bonds. The minimum atomic E-state index is -0.757. The van der Waals surface area contributed by atoms with Crippen molar-refractivity contribution in [1.82, 2.24) is 4.98 Å². The molecule has 16 heavy (non-hydrogen) atoms. The van der Waals surface area contributed by atoms with Crippen LogP contribution in [-0.2, 0) is 24.3 Å². The van der Waals surface area contributed by atoms with E-state index >= 15 is 0 Å². The molecule has 0 saturated heterocycles. The van der Waals surface area contributed by atoms with E-state index in [-0.39, 0.29) is 31.8 Å². The Hall–Kier alpha value is -1.15. The van der Waals surface area contributed by atoms with Gasteiger partial charge in [-0.1, -0.05) is 25.1 Å². The topological polar surface area (TPSA) is 53.1 Å². The van der Waals surface area contributed by atoms with Gasteiger partial charge in [0.25, 0.3) is 0 Å². The van der Waals surface area contributed by atoms with Crippen LogP contribution < -0.4 is 0 Å². The summed E-state index contributed by atoms with van der Waals surface area (Å²) in [5.74, 6) is -0.716. The molecule has 0 bridgehead atoms. The molecule has 0 aliphatic rings. The van der Waals surface area contributed by atoms with Gasteiger partial charge in [0.2, 0.25) is 0 Å². The molecular formula is C12H13NO2Zn. The van der Waals surface area contributed by atoms with Crippen LogP contribution >= 0.6 is 0 Å². The molecule has 0 aliphatic heterocycles. The van der Waals surface area contributed by atoms with E-state index in [9.17, 15) is 4.79 Å². The van der Waals surface area contributed by atoms with Gasteiger partial charge < -0.3 is 10.1 Å². The maximum absolute atomic E-state index is 10.6. The number of hydrogen-bond acceptors (Lipinski definition) is 1. The number of aromatic nitrogens is 1. The number of aliphatic carboxylic acids is 1. The number of carboxylic acids is 1. The van der Waals surface area contributed by atoms with Crippen molar-refractivity contribution in [3.05, 3.63) is 36.0 Å². The summed E-state index contributed by atoms with van der Waals surface area (Å²) in [6, 6.07) is 7.93. The Bertz CT molecular complexity index is 492. The van der Waals surface area contributed by atoms with Gasteiger partial charge in [0, 0.05) is 36.6 Å². The molecule has 2 aromatic rings. The Morgan fingerprint density at radius 1 is 1.44 bits per heavy atom. The minimum Gasteiger partial charge on any atom is -0.481 e. The fraction of sp³-hybridized carbons (Fsp3) is 0.250. The summed E-state index contributed by atoms with van der Waals surface area (Å²) in [5.41, 5.74) is 2.14. The predicted molar refractivity (Wildman–Crippen MR) is 59.0 cm³/mol. The van der Waals surface area contributed by atoms with Crippen molar-refractivity contribution in [1.29, 1.82) is 0 Å². The molecule has 0 aliphatic carbocycles. The first-order chi connectivity index (χ1) is 7.18. The standard InChI is InChI=1S/C12H13NO2.Zn/c1-8(6-12(14)15)10-7-13-11-5-3-2-4-9(10)11;/h2-5,7-8,13H,6H2,1H3,(H,14,15);. The molecule has 0 radical (unpaired) electrons. The minimum absolute atomic E-state index is 0. The van der Waals surface area contributed by atoms with Crippen molar-refractivity contribution in [2.45, 2.75) is 19.3 Å². The average Bonchev–Trinajstić information content (AvgIpc) is 2.59. The van der Waals surface area contributed by atoms with Crippen LogP contribution in [-0.4, -0.2) is 16.1 Å². The molecule has 1 heterocycles. The zero-order chi connectivity index (χ0) is 10.8. The van der Waals surface area contributed by atoms with Gasteiger partial charge in [-0.05, 0) is 17.5 Å². The maximum Gasteiger partial charge on any atom is 0.303 e. The normalized spacial score (nSPS) is 12.1. The molecule has 0 fully saturated rings. The zero-order valence-electron chi connectivity index (χ0n) is 9.23. The van der Waals surface area contributed by atoms with Crippen molar-refractivity contribution in [3.63, 3.8) is 0 Å². The van der Waals surface area contributed by atoms with Crippen molar-refractivity contribution < 1.29 is 29.4 Å². The Kier molecular flexibility index (Phi) is 4.25. The van der Waals surface area contributed by atoms with E-state index in [1.165, 1.54) is 0 Å². The summed E-state index contributed by atoms with van der Waals surface area (Å²) in [6.45, 7) is 1.93. The van der Waals surface area contributed by atoms with Crippen LogP contribution in [0.3, 0.4) is 0 Å². The number of para-hydroxylation sites is 1. The van der Waals surface area contributed by atoms with Crippen molar-refractivity contribution >= 4 is 16.9 Å². The molecule has 1 unspecified atom stereocenters. The Morgan fingerprint density at radius 3 is 2.81 bits per heavy atom. The van der Waals surface area contributed by atoms with Gasteiger partial charge in [-0.2, -0.15) is 0 Å². The second-order valence-corrected chi connectivity index (χ2v) is 3.79. The van der Waals surface area contributed by atoms with Crippen molar-refractivity contribution in [2.75, 3.05) is 0 Å². The number of fused-ring (bicyclic) bond motifs is 1. The van der Waals surface area contributed by atoms with Crippen molar-refractivity contribution in [3.8, 4) is 0 Å². The summed E-state index contributed by atoms with van der Waals surface area (Å²) in [5, 5.41) is 9.86.